The Labute approximate surface area is 99.6 Å². The van der Waals surface area contributed by atoms with Gasteiger partial charge in [-0.15, -0.1) is 11.3 Å². The molecule has 0 fully saturated rings. The second-order valence-electron chi connectivity index (χ2n) is 3.75. The molecule has 0 aliphatic carbocycles. The van der Waals surface area contributed by atoms with Gasteiger partial charge in [-0.3, -0.25) is 4.98 Å². The number of hydrogen-bond donors (Lipinski definition) is 1. The maximum Gasteiger partial charge on any atom is 0.0897 e. The van der Waals surface area contributed by atoms with E-state index in [1.165, 1.54) is 5.56 Å². The Balaban J connectivity index is 1.91. The van der Waals surface area contributed by atoms with Gasteiger partial charge in [0.25, 0.3) is 0 Å². The van der Waals surface area contributed by atoms with E-state index in [0.29, 0.717) is 6.04 Å². The van der Waals surface area contributed by atoms with Crippen LogP contribution < -0.4 is 5.32 Å². The van der Waals surface area contributed by atoms with E-state index in [2.05, 4.69) is 33.7 Å². The summed E-state index contributed by atoms with van der Waals surface area (Å²) in [5.41, 5.74) is 2.31. The van der Waals surface area contributed by atoms with Crippen LogP contribution in [0.4, 0.5) is 0 Å². The monoisotopic (exact) mass is 233 g/mol. The predicted molar refractivity (Wildman–Crippen MR) is 66.3 cm³/mol. The van der Waals surface area contributed by atoms with E-state index in [1.54, 1.807) is 17.5 Å². The number of hydrogen-bond acceptors (Lipinski definition) is 4. The van der Waals surface area contributed by atoms with Gasteiger partial charge in [0.1, 0.15) is 0 Å². The van der Waals surface area contributed by atoms with Crippen molar-refractivity contribution in [2.75, 3.05) is 0 Å². The van der Waals surface area contributed by atoms with Crippen LogP contribution in [0.1, 0.15) is 29.2 Å². The van der Waals surface area contributed by atoms with Crippen LogP contribution in [0, 0.1) is 6.92 Å². The highest BCUT2D eigenvalue weighted by molar-refractivity contribution is 7.09. The fraction of sp³-hybridized carbons (Fsp3) is 0.333. The molecule has 16 heavy (non-hydrogen) atoms. The van der Waals surface area contributed by atoms with Gasteiger partial charge in [-0.05, 0) is 25.5 Å². The van der Waals surface area contributed by atoms with Crippen molar-refractivity contribution in [2.24, 2.45) is 0 Å². The number of nitrogens with one attached hydrogen (secondary N) is 1. The van der Waals surface area contributed by atoms with Crippen LogP contribution in [-0.2, 0) is 6.54 Å². The lowest BCUT2D eigenvalue weighted by Gasteiger charge is -2.12. The van der Waals surface area contributed by atoms with Gasteiger partial charge in [0, 0.05) is 30.4 Å². The first-order valence-electron chi connectivity index (χ1n) is 5.30. The zero-order valence-electron chi connectivity index (χ0n) is 9.47. The van der Waals surface area contributed by atoms with Gasteiger partial charge in [0.05, 0.1) is 10.7 Å². The summed E-state index contributed by atoms with van der Waals surface area (Å²) >= 11 is 1.69. The summed E-state index contributed by atoms with van der Waals surface area (Å²) < 4.78 is 0. The quantitative estimate of drug-likeness (QED) is 0.882. The first-order valence-corrected chi connectivity index (χ1v) is 6.18. The Kier molecular flexibility index (Phi) is 3.64. The number of rotatable bonds is 4. The van der Waals surface area contributed by atoms with Crippen molar-refractivity contribution in [1.29, 1.82) is 0 Å². The second kappa shape index (κ2) is 5.18. The number of aryl methyl sites for hydroxylation is 1. The molecule has 0 radical (unpaired) electrons. The molecular weight excluding hydrogens is 218 g/mol. The Bertz CT molecular complexity index is 439. The minimum absolute atomic E-state index is 0.302. The summed E-state index contributed by atoms with van der Waals surface area (Å²) in [7, 11) is 0. The Hall–Kier alpha value is -1.26. The molecule has 0 unspecified atom stereocenters. The molecule has 84 valence electrons. The number of nitrogens with zero attached hydrogens (tertiary/aromatic N) is 2. The van der Waals surface area contributed by atoms with E-state index < -0.39 is 0 Å². The summed E-state index contributed by atoms with van der Waals surface area (Å²) in [5.74, 6) is 0. The van der Waals surface area contributed by atoms with E-state index in [4.69, 9.17) is 0 Å². The molecule has 2 rings (SSSR count). The Morgan fingerprint density at radius 3 is 3.00 bits per heavy atom. The van der Waals surface area contributed by atoms with Gasteiger partial charge in [0.2, 0.25) is 0 Å². The van der Waals surface area contributed by atoms with Gasteiger partial charge in [-0.1, -0.05) is 6.07 Å². The number of pyridine rings is 1. The zero-order valence-corrected chi connectivity index (χ0v) is 10.3. The molecule has 0 saturated carbocycles. The summed E-state index contributed by atoms with van der Waals surface area (Å²) in [6, 6.07) is 4.34. The molecule has 2 aromatic heterocycles. The molecule has 0 aliphatic heterocycles. The predicted octanol–water partition coefficient (Wildman–Crippen LogP) is 2.70. The van der Waals surface area contributed by atoms with Crippen molar-refractivity contribution < 1.29 is 0 Å². The Morgan fingerprint density at radius 2 is 2.38 bits per heavy atom. The van der Waals surface area contributed by atoms with Crippen molar-refractivity contribution >= 4 is 11.3 Å². The molecule has 0 aromatic carbocycles. The largest absolute Gasteiger partial charge is 0.304 e. The molecule has 3 nitrogen and oxygen atoms in total. The average Bonchev–Trinajstić information content (AvgIpc) is 2.73. The summed E-state index contributed by atoms with van der Waals surface area (Å²) in [5, 5.41) is 6.64. The highest BCUT2D eigenvalue weighted by atomic mass is 32.1. The molecule has 2 aromatic rings. The summed E-state index contributed by atoms with van der Waals surface area (Å²) in [6.45, 7) is 4.97. The van der Waals surface area contributed by atoms with Gasteiger partial charge in [0.15, 0.2) is 0 Å². The van der Waals surface area contributed by atoms with E-state index in [0.717, 1.165) is 17.2 Å². The first kappa shape index (κ1) is 11.2. The van der Waals surface area contributed by atoms with Crippen molar-refractivity contribution in [1.82, 2.24) is 15.3 Å². The lowest BCUT2D eigenvalue weighted by Crippen LogP contribution is -2.18. The molecule has 0 spiro atoms. The van der Waals surface area contributed by atoms with Gasteiger partial charge < -0.3 is 5.32 Å². The summed E-state index contributed by atoms with van der Waals surface area (Å²) in [4.78, 5) is 8.53. The molecular formula is C12H15N3S. The minimum atomic E-state index is 0.302. The SMILES string of the molecule is Cc1nc(CN[C@@H](C)c2cccnc2)cs1. The minimum Gasteiger partial charge on any atom is -0.304 e. The van der Waals surface area contributed by atoms with Crippen LogP contribution in [0.15, 0.2) is 29.9 Å². The highest BCUT2D eigenvalue weighted by Gasteiger charge is 2.05. The number of aromatic nitrogens is 2. The van der Waals surface area contributed by atoms with Crippen molar-refractivity contribution in [2.45, 2.75) is 26.4 Å². The van der Waals surface area contributed by atoms with E-state index in [1.807, 2.05) is 19.2 Å². The fourth-order valence-electron chi connectivity index (χ4n) is 1.50. The fourth-order valence-corrected chi connectivity index (χ4v) is 2.11. The topological polar surface area (TPSA) is 37.8 Å². The molecule has 1 N–H and O–H groups in total. The maximum absolute atomic E-state index is 4.42. The van der Waals surface area contributed by atoms with Crippen LogP contribution in [-0.4, -0.2) is 9.97 Å². The van der Waals surface area contributed by atoms with E-state index in [-0.39, 0.29) is 0 Å². The van der Waals surface area contributed by atoms with Crippen LogP contribution in [0.2, 0.25) is 0 Å². The van der Waals surface area contributed by atoms with E-state index >= 15 is 0 Å². The van der Waals surface area contributed by atoms with Crippen molar-refractivity contribution in [3.8, 4) is 0 Å². The molecule has 2 heterocycles. The smallest absolute Gasteiger partial charge is 0.0897 e. The lowest BCUT2D eigenvalue weighted by atomic mass is 10.1. The molecule has 0 aliphatic rings. The van der Waals surface area contributed by atoms with Crippen molar-refractivity contribution in [3.05, 3.63) is 46.2 Å². The van der Waals surface area contributed by atoms with Crippen LogP contribution in [0.5, 0.6) is 0 Å². The van der Waals surface area contributed by atoms with Crippen LogP contribution in [0.3, 0.4) is 0 Å². The van der Waals surface area contributed by atoms with Crippen LogP contribution >= 0.6 is 11.3 Å². The highest BCUT2D eigenvalue weighted by Crippen LogP contribution is 2.12. The van der Waals surface area contributed by atoms with Gasteiger partial charge in [-0.25, -0.2) is 4.98 Å². The third-order valence-electron chi connectivity index (χ3n) is 2.44. The standard InChI is InChI=1S/C12H15N3S/c1-9(11-4-3-5-13-6-11)14-7-12-8-16-10(2)15-12/h3-6,8-9,14H,7H2,1-2H3/t9-/m0/s1. The zero-order chi connectivity index (χ0) is 11.4. The number of thiazole rings is 1. The normalized spacial score (nSPS) is 12.6. The molecule has 4 heteroatoms. The molecule has 0 amide bonds. The lowest BCUT2D eigenvalue weighted by molar-refractivity contribution is 0.567. The van der Waals surface area contributed by atoms with Gasteiger partial charge >= 0.3 is 0 Å². The van der Waals surface area contributed by atoms with E-state index in [9.17, 15) is 0 Å². The van der Waals surface area contributed by atoms with Gasteiger partial charge in [-0.2, -0.15) is 0 Å². The third kappa shape index (κ3) is 2.87. The first-order chi connectivity index (χ1) is 7.75. The second-order valence-corrected chi connectivity index (χ2v) is 4.81. The van der Waals surface area contributed by atoms with Crippen molar-refractivity contribution in [3.63, 3.8) is 0 Å². The molecule has 0 saturated heterocycles. The van der Waals surface area contributed by atoms with Crippen LogP contribution in [0.25, 0.3) is 0 Å². The molecule has 0 bridgehead atoms. The Morgan fingerprint density at radius 1 is 1.50 bits per heavy atom. The molecule has 1 atom stereocenters. The third-order valence-corrected chi connectivity index (χ3v) is 3.26. The average molecular weight is 233 g/mol. The maximum atomic E-state index is 4.42. The summed E-state index contributed by atoms with van der Waals surface area (Å²) in [6.07, 6.45) is 3.68.